The molecule has 0 unspecified atom stereocenters. The zero-order chi connectivity index (χ0) is 19.0. The third kappa shape index (κ3) is 3.33. The molecule has 27 heavy (non-hydrogen) atoms. The van der Waals surface area contributed by atoms with Crippen LogP contribution in [0.3, 0.4) is 0 Å². The average molecular weight is 360 g/mol. The molecule has 0 radical (unpaired) electrons. The highest BCUT2D eigenvalue weighted by molar-refractivity contribution is 6.04. The van der Waals surface area contributed by atoms with Crippen LogP contribution in [0.1, 0.15) is 34.2 Å². The summed E-state index contributed by atoms with van der Waals surface area (Å²) in [7, 11) is 0. The van der Waals surface area contributed by atoms with Gasteiger partial charge >= 0.3 is 0 Å². The lowest BCUT2D eigenvalue weighted by molar-refractivity contribution is 0.102. The van der Waals surface area contributed by atoms with Crippen molar-refractivity contribution in [1.82, 2.24) is 9.78 Å². The van der Waals surface area contributed by atoms with Crippen molar-refractivity contribution in [3.8, 4) is 5.69 Å². The molecule has 1 aliphatic heterocycles. The molecule has 138 valence electrons. The molecule has 0 bridgehead atoms. The lowest BCUT2D eigenvalue weighted by Gasteiger charge is -2.17. The Labute approximate surface area is 159 Å². The third-order valence-corrected chi connectivity index (χ3v) is 5.10. The first-order valence-electron chi connectivity index (χ1n) is 9.38. The summed E-state index contributed by atoms with van der Waals surface area (Å²) in [5.74, 6) is -0.101. The van der Waals surface area contributed by atoms with Crippen LogP contribution in [0.2, 0.25) is 0 Å². The summed E-state index contributed by atoms with van der Waals surface area (Å²) < 4.78 is 1.89. The molecular formula is C22H24N4O. The van der Waals surface area contributed by atoms with Gasteiger partial charge in [0, 0.05) is 35.7 Å². The van der Waals surface area contributed by atoms with E-state index < -0.39 is 0 Å². The second kappa shape index (κ2) is 6.91. The van der Waals surface area contributed by atoms with Crippen LogP contribution in [-0.4, -0.2) is 28.8 Å². The zero-order valence-corrected chi connectivity index (χ0v) is 16.0. The molecule has 0 saturated carbocycles. The molecule has 0 saturated heterocycles. The van der Waals surface area contributed by atoms with E-state index in [1.807, 2.05) is 54.9 Å². The third-order valence-electron chi connectivity index (χ3n) is 5.10. The highest BCUT2D eigenvalue weighted by atomic mass is 16.1. The van der Waals surface area contributed by atoms with Crippen LogP contribution < -0.4 is 10.2 Å². The van der Waals surface area contributed by atoms with Gasteiger partial charge in [0.05, 0.1) is 11.4 Å². The monoisotopic (exact) mass is 360 g/mol. The molecule has 2 heterocycles. The van der Waals surface area contributed by atoms with E-state index in [1.54, 1.807) is 0 Å². The number of fused-ring (bicyclic) bond motifs is 1. The number of benzene rings is 2. The van der Waals surface area contributed by atoms with Crippen LogP contribution in [-0.2, 0) is 6.42 Å². The second-order valence-electron chi connectivity index (χ2n) is 7.01. The van der Waals surface area contributed by atoms with E-state index in [0.29, 0.717) is 5.56 Å². The number of nitrogens with one attached hydrogen (secondary N) is 1. The van der Waals surface area contributed by atoms with Gasteiger partial charge in [0.15, 0.2) is 0 Å². The quantitative estimate of drug-likeness (QED) is 0.761. The number of aromatic nitrogens is 2. The number of nitrogens with zero attached hydrogens (tertiary/aromatic N) is 3. The Morgan fingerprint density at radius 2 is 1.89 bits per heavy atom. The second-order valence-corrected chi connectivity index (χ2v) is 7.01. The molecule has 1 N–H and O–H groups in total. The Balaban J connectivity index is 1.51. The van der Waals surface area contributed by atoms with Crippen molar-refractivity contribution in [2.24, 2.45) is 0 Å². The topological polar surface area (TPSA) is 50.2 Å². The minimum absolute atomic E-state index is 0.101. The molecule has 5 nitrogen and oxygen atoms in total. The molecule has 0 fully saturated rings. The first-order chi connectivity index (χ1) is 13.0. The summed E-state index contributed by atoms with van der Waals surface area (Å²) >= 11 is 0. The number of anilines is 2. The van der Waals surface area contributed by atoms with E-state index in [-0.39, 0.29) is 5.91 Å². The van der Waals surface area contributed by atoms with Gasteiger partial charge < -0.3 is 10.2 Å². The van der Waals surface area contributed by atoms with Gasteiger partial charge in [-0.05, 0) is 75.2 Å². The van der Waals surface area contributed by atoms with Gasteiger partial charge in [-0.2, -0.15) is 5.10 Å². The van der Waals surface area contributed by atoms with Crippen molar-refractivity contribution in [1.29, 1.82) is 0 Å². The fourth-order valence-corrected chi connectivity index (χ4v) is 3.70. The van der Waals surface area contributed by atoms with E-state index in [4.69, 9.17) is 0 Å². The molecule has 5 heteroatoms. The number of likely N-dealkylation sites (N-methyl/N-ethyl adjacent to an activating group) is 1. The lowest BCUT2D eigenvalue weighted by atomic mass is 10.1. The summed E-state index contributed by atoms with van der Waals surface area (Å²) in [4.78, 5) is 15.0. The molecule has 0 spiro atoms. The number of rotatable bonds is 4. The minimum atomic E-state index is -0.101. The summed E-state index contributed by atoms with van der Waals surface area (Å²) in [6.45, 7) is 8.19. The Kier molecular flexibility index (Phi) is 4.44. The van der Waals surface area contributed by atoms with Crippen LogP contribution in [0.25, 0.3) is 5.69 Å². The van der Waals surface area contributed by atoms with Gasteiger partial charge in [-0.15, -0.1) is 0 Å². The van der Waals surface area contributed by atoms with Crippen LogP contribution in [0.5, 0.6) is 0 Å². The predicted molar refractivity (Wildman–Crippen MR) is 109 cm³/mol. The highest BCUT2D eigenvalue weighted by Gasteiger charge is 2.18. The molecule has 1 amide bonds. The summed E-state index contributed by atoms with van der Waals surface area (Å²) in [5, 5.41) is 7.50. The largest absolute Gasteiger partial charge is 0.371 e. The maximum Gasteiger partial charge on any atom is 0.255 e. The maximum absolute atomic E-state index is 12.6. The Morgan fingerprint density at radius 3 is 2.56 bits per heavy atom. The molecule has 0 atom stereocenters. The fraction of sp³-hybridized carbons (Fsp3) is 0.273. The van der Waals surface area contributed by atoms with E-state index in [0.717, 1.165) is 42.3 Å². The van der Waals surface area contributed by atoms with Crippen molar-refractivity contribution in [2.75, 3.05) is 23.3 Å². The predicted octanol–water partition coefficient (Wildman–Crippen LogP) is 4.12. The standard InChI is InChI=1S/C22H24N4O/c1-4-25-12-11-17-5-8-19(14-21(17)25)23-22(27)18-6-9-20(10-7-18)26-16(3)13-15(2)24-26/h5-10,13-14H,4,11-12H2,1-3H3,(H,23,27). The van der Waals surface area contributed by atoms with Gasteiger partial charge in [-0.1, -0.05) is 6.07 Å². The Morgan fingerprint density at radius 1 is 1.11 bits per heavy atom. The molecule has 4 rings (SSSR count). The van der Waals surface area contributed by atoms with Crippen LogP contribution in [0, 0.1) is 13.8 Å². The van der Waals surface area contributed by atoms with Crippen LogP contribution in [0.4, 0.5) is 11.4 Å². The summed E-state index contributed by atoms with van der Waals surface area (Å²) in [6, 6.07) is 15.8. The highest BCUT2D eigenvalue weighted by Crippen LogP contribution is 2.30. The Hall–Kier alpha value is -3.08. The number of amides is 1. The Bertz CT molecular complexity index is 988. The smallest absolute Gasteiger partial charge is 0.255 e. The molecule has 1 aliphatic rings. The van der Waals surface area contributed by atoms with Crippen LogP contribution in [0.15, 0.2) is 48.5 Å². The fourth-order valence-electron chi connectivity index (χ4n) is 3.70. The first-order valence-corrected chi connectivity index (χ1v) is 9.38. The van der Waals surface area contributed by atoms with Crippen molar-refractivity contribution >= 4 is 17.3 Å². The normalized spacial score (nSPS) is 12.9. The number of carbonyl (C=O) groups excluding carboxylic acids is 1. The molecular weight excluding hydrogens is 336 g/mol. The van der Waals surface area contributed by atoms with E-state index >= 15 is 0 Å². The number of aryl methyl sites for hydroxylation is 2. The van der Waals surface area contributed by atoms with Gasteiger partial charge in [0.2, 0.25) is 0 Å². The molecule has 2 aromatic carbocycles. The van der Waals surface area contributed by atoms with Crippen molar-refractivity contribution < 1.29 is 4.79 Å². The van der Waals surface area contributed by atoms with Crippen molar-refractivity contribution in [3.63, 3.8) is 0 Å². The number of carbonyl (C=O) groups is 1. The zero-order valence-electron chi connectivity index (χ0n) is 16.0. The lowest BCUT2D eigenvalue weighted by Crippen LogP contribution is -2.19. The van der Waals surface area contributed by atoms with E-state index in [2.05, 4.69) is 34.4 Å². The molecule has 1 aromatic heterocycles. The van der Waals surface area contributed by atoms with Gasteiger partial charge in [-0.25, -0.2) is 4.68 Å². The van der Waals surface area contributed by atoms with E-state index in [9.17, 15) is 4.79 Å². The van der Waals surface area contributed by atoms with Crippen LogP contribution >= 0.6 is 0 Å². The maximum atomic E-state index is 12.6. The first kappa shape index (κ1) is 17.3. The molecule has 3 aromatic rings. The van der Waals surface area contributed by atoms with Gasteiger partial charge in [0.25, 0.3) is 5.91 Å². The minimum Gasteiger partial charge on any atom is -0.371 e. The van der Waals surface area contributed by atoms with Crippen molar-refractivity contribution in [3.05, 3.63) is 71.0 Å². The van der Waals surface area contributed by atoms with Gasteiger partial charge in [0.1, 0.15) is 0 Å². The summed E-state index contributed by atoms with van der Waals surface area (Å²) in [5.41, 5.74) is 7.05. The average Bonchev–Trinajstić information content (AvgIpc) is 3.23. The molecule has 0 aliphatic carbocycles. The van der Waals surface area contributed by atoms with Gasteiger partial charge in [-0.3, -0.25) is 4.79 Å². The summed E-state index contributed by atoms with van der Waals surface area (Å²) in [6.07, 6.45) is 1.07. The van der Waals surface area contributed by atoms with Crippen molar-refractivity contribution in [2.45, 2.75) is 27.2 Å². The number of hydrogen-bond donors (Lipinski definition) is 1. The van der Waals surface area contributed by atoms with E-state index in [1.165, 1.54) is 11.3 Å². The number of hydrogen-bond acceptors (Lipinski definition) is 3. The SMILES string of the molecule is CCN1CCc2ccc(NC(=O)c3ccc(-n4nc(C)cc4C)cc3)cc21.